The third-order valence-electron chi connectivity index (χ3n) is 6.22. The molecule has 2 amide bonds. The SMILES string of the molecule is COc1ccccc1C1c2cccn2CCN1C(=O)CN(C(=O)C=Cc1ccccc1)C(C)C. The number of amides is 2. The van der Waals surface area contributed by atoms with E-state index in [1.54, 1.807) is 24.2 Å². The van der Waals surface area contributed by atoms with Crippen LogP contribution >= 0.6 is 0 Å². The Morgan fingerprint density at radius 2 is 1.76 bits per heavy atom. The standard InChI is InChI=1S/C28H31N3O3/c1-21(2)31(26(32)16-15-22-10-5-4-6-11-22)20-27(33)30-19-18-29-17-9-13-24(29)28(30)23-12-7-8-14-25(23)34-3/h4-17,21,28H,18-20H2,1-3H3. The highest BCUT2D eigenvalue weighted by atomic mass is 16.5. The zero-order valence-corrected chi connectivity index (χ0v) is 19.9. The molecule has 1 aromatic heterocycles. The number of ether oxygens (including phenoxy) is 1. The number of carbonyl (C=O) groups excluding carboxylic acids is 2. The second kappa shape index (κ2) is 10.4. The Hall–Kier alpha value is -3.80. The van der Waals surface area contributed by atoms with Crippen LogP contribution in [0.3, 0.4) is 0 Å². The number of nitrogens with zero attached hydrogens (tertiary/aromatic N) is 3. The highest BCUT2D eigenvalue weighted by Crippen LogP contribution is 2.37. The number of benzene rings is 2. The fourth-order valence-corrected chi connectivity index (χ4v) is 4.45. The van der Waals surface area contributed by atoms with Crippen LogP contribution in [-0.4, -0.2) is 52.4 Å². The first-order valence-corrected chi connectivity index (χ1v) is 11.6. The van der Waals surface area contributed by atoms with Gasteiger partial charge in [0.05, 0.1) is 7.11 Å². The quantitative estimate of drug-likeness (QED) is 0.495. The van der Waals surface area contributed by atoms with Gasteiger partial charge in [-0.25, -0.2) is 0 Å². The molecule has 6 nitrogen and oxygen atoms in total. The lowest BCUT2D eigenvalue weighted by atomic mass is 9.98. The summed E-state index contributed by atoms with van der Waals surface area (Å²) in [5, 5.41) is 0. The topological polar surface area (TPSA) is 54.8 Å². The maximum Gasteiger partial charge on any atom is 0.247 e. The minimum absolute atomic E-state index is 0.0159. The summed E-state index contributed by atoms with van der Waals surface area (Å²) >= 11 is 0. The van der Waals surface area contributed by atoms with Crippen molar-refractivity contribution in [2.75, 3.05) is 20.2 Å². The highest BCUT2D eigenvalue weighted by molar-refractivity contribution is 5.94. The van der Waals surface area contributed by atoms with E-state index in [0.29, 0.717) is 13.1 Å². The number of hydrogen-bond acceptors (Lipinski definition) is 3. The van der Waals surface area contributed by atoms with Crippen molar-refractivity contribution in [2.45, 2.75) is 32.5 Å². The molecule has 0 bridgehead atoms. The van der Waals surface area contributed by atoms with Crippen LogP contribution in [0.1, 0.15) is 36.7 Å². The Labute approximate surface area is 201 Å². The molecule has 4 rings (SSSR count). The van der Waals surface area contributed by atoms with Crippen LogP contribution < -0.4 is 4.74 Å². The summed E-state index contributed by atoms with van der Waals surface area (Å²) < 4.78 is 7.80. The largest absolute Gasteiger partial charge is 0.496 e. The van der Waals surface area contributed by atoms with Gasteiger partial charge in [0.1, 0.15) is 18.3 Å². The maximum atomic E-state index is 13.7. The number of fused-ring (bicyclic) bond motifs is 1. The van der Waals surface area contributed by atoms with Gasteiger partial charge in [-0.15, -0.1) is 0 Å². The fraction of sp³-hybridized carbons (Fsp3) is 0.286. The van der Waals surface area contributed by atoms with Crippen LogP contribution in [0.2, 0.25) is 0 Å². The van der Waals surface area contributed by atoms with Crippen molar-refractivity contribution in [1.82, 2.24) is 14.4 Å². The number of aromatic nitrogens is 1. The fourth-order valence-electron chi connectivity index (χ4n) is 4.45. The molecule has 3 aromatic rings. The van der Waals surface area contributed by atoms with E-state index in [1.165, 1.54) is 0 Å². The lowest BCUT2D eigenvalue weighted by molar-refractivity contribution is -0.141. The van der Waals surface area contributed by atoms with Gasteiger partial charge in [0.25, 0.3) is 0 Å². The second-order valence-electron chi connectivity index (χ2n) is 8.66. The van der Waals surface area contributed by atoms with E-state index in [9.17, 15) is 9.59 Å². The first kappa shape index (κ1) is 23.4. The molecule has 2 aromatic carbocycles. The number of hydrogen-bond donors (Lipinski definition) is 0. The smallest absolute Gasteiger partial charge is 0.247 e. The Morgan fingerprint density at radius 1 is 1.03 bits per heavy atom. The van der Waals surface area contributed by atoms with E-state index in [0.717, 1.165) is 22.6 Å². The molecule has 1 aliphatic heterocycles. The van der Waals surface area contributed by atoms with Gasteiger partial charge in [0, 0.05) is 42.7 Å². The zero-order chi connectivity index (χ0) is 24.1. The molecule has 1 unspecified atom stereocenters. The zero-order valence-electron chi connectivity index (χ0n) is 19.9. The number of rotatable bonds is 7. The summed E-state index contributed by atoms with van der Waals surface area (Å²) in [5.41, 5.74) is 2.92. The Kier molecular flexibility index (Phi) is 7.16. The van der Waals surface area contributed by atoms with E-state index in [-0.39, 0.29) is 30.4 Å². The summed E-state index contributed by atoms with van der Waals surface area (Å²) in [6.45, 7) is 5.15. The summed E-state index contributed by atoms with van der Waals surface area (Å²) in [6, 6.07) is 21.1. The summed E-state index contributed by atoms with van der Waals surface area (Å²) in [6.07, 6.45) is 5.37. The minimum Gasteiger partial charge on any atom is -0.496 e. The van der Waals surface area contributed by atoms with Crippen LogP contribution in [0.15, 0.2) is 79.0 Å². The molecule has 2 heterocycles. The van der Waals surface area contributed by atoms with Crippen LogP contribution in [0.25, 0.3) is 6.08 Å². The second-order valence-corrected chi connectivity index (χ2v) is 8.66. The molecule has 6 heteroatoms. The summed E-state index contributed by atoms with van der Waals surface area (Å²) in [7, 11) is 1.64. The molecular weight excluding hydrogens is 426 g/mol. The highest BCUT2D eigenvalue weighted by Gasteiger charge is 2.35. The average molecular weight is 458 g/mol. The molecule has 0 fully saturated rings. The van der Waals surface area contributed by atoms with Crippen LogP contribution in [0.5, 0.6) is 5.75 Å². The monoisotopic (exact) mass is 457 g/mol. The normalized spacial score (nSPS) is 15.4. The van der Waals surface area contributed by atoms with Gasteiger partial charge in [-0.3, -0.25) is 9.59 Å². The molecule has 0 spiro atoms. The molecular formula is C28H31N3O3. The lowest BCUT2D eigenvalue weighted by Gasteiger charge is -2.39. The van der Waals surface area contributed by atoms with Crippen LogP contribution in [0, 0.1) is 0 Å². The van der Waals surface area contributed by atoms with Gasteiger partial charge in [-0.1, -0.05) is 48.5 Å². The third-order valence-corrected chi connectivity index (χ3v) is 6.22. The summed E-state index contributed by atoms with van der Waals surface area (Å²) in [4.78, 5) is 30.2. The van der Waals surface area contributed by atoms with E-state index in [2.05, 4.69) is 4.57 Å². The van der Waals surface area contributed by atoms with Crippen LogP contribution in [-0.2, 0) is 16.1 Å². The van der Waals surface area contributed by atoms with Gasteiger partial charge < -0.3 is 19.1 Å². The molecule has 1 aliphatic rings. The molecule has 176 valence electrons. The number of carbonyl (C=O) groups is 2. The molecule has 0 aliphatic carbocycles. The first-order valence-electron chi connectivity index (χ1n) is 11.6. The maximum absolute atomic E-state index is 13.7. The first-order chi connectivity index (χ1) is 16.5. The van der Waals surface area contributed by atoms with Crippen molar-refractivity contribution in [3.8, 4) is 5.75 Å². The van der Waals surface area contributed by atoms with Gasteiger partial charge >= 0.3 is 0 Å². The number of para-hydroxylation sites is 1. The van der Waals surface area contributed by atoms with Crippen molar-refractivity contribution in [3.05, 3.63) is 95.8 Å². The van der Waals surface area contributed by atoms with Gasteiger partial charge in [-0.05, 0) is 43.7 Å². The van der Waals surface area contributed by atoms with Crippen molar-refractivity contribution in [3.63, 3.8) is 0 Å². The predicted octanol–water partition coefficient (Wildman–Crippen LogP) is 4.38. The van der Waals surface area contributed by atoms with E-state index in [4.69, 9.17) is 4.74 Å². The molecule has 0 saturated heterocycles. The lowest BCUT2D eigenvalue weighted by Crippen LogP contribution is -2.49. The minimum atomic E-state index is -0.281. The molecule has 0 N–H and O–H groups in total. The van der Waals surface area contributed by atoms with Crippen molar-refractivity contribution in [2.24, 2.45) is 0 Å². The van der Waals surface area contributed by atoms with E-state index >= 15 is 0 Å². The van der Waals surface area contributed by atoms with Gasteiger partial charge in [0.2, 0.25) is 11.8 Å². The van der Waals surface area contributed by atoms with Gasteiger partial charge in [-0.2, -0.15) is 0 Å². The molecule has 1 atom stereocenters. The Balaban J connectivity index is 1.59. The van der Waals surface area contributed by atoms with Crippen molar-refractivity contribution in [1.29, 1.82) is 0 Å². The average Bonchev–Trinajstić information content (AvgIpc) is 3.34. The van der Waals surface area contributed by atoms with Crippen molar-refractivity contribution >= 4 is 17.9 Å². The molecule has 0 saturated carbocycles. The third kappa shape index (κ3) is 4.91. The summed E-state index contributed by atoms with van der Waals surface area (Å²) in [5.74, 6) is 0.475. The van der Waals surface area contributed by atoms with Crippen molar-refractivity contribution < 1.29 is 14.3 Å². The molecule has 0 radical (unpaired) electrons. The van der Waals surface area contributed by atoms with Gasteiger partial charge in [0.15, 0.2) is 0 Å². The van der Waals surface area contributed by atoms with E-state index < -0.39 is 0 Å². The Morgan fingerprint density at radius 3 is 2.50 bits per heavy atom. The molecule has 34 heavy (non-hydrogen) atoms. The Bertz CT molecular complexity index is 1170. The number of methoxy groups -OCH3 is 1. The predicted molar refractivity (Wildman–Crippen MR) is 133 cm³/mol. The van der Waals surface area contributed by atoms with E-state index in [1.807, 2.05) is 91.7 Å². The van der Waals surface area contributed by atoms with Crippen LogP contribution in [0.4, 0.5) is 0 Å².